The van der Waals surface area contributed by atoms with E-state index in [4.69, 9.17) is 0 Å². The Hall–Kier alpha value is -1.65. The van der Waals surface area contributed by atoms with Gasteiger partial charge in [0.2, 0.25) is 0 Å². The number of hydrogen-bond acceptors (Lipinski definition) is 4. The summed E-state index contributed by atoms with van der Waals surface area (Å²) in [6, 6.07) is 11.6. The summed E-state index contributed by atoms with van der Waals surface area (Å²) in [6.07, 6.45) is 1.06. The van der Waals surface area contributed by atoms with Gasteiger partial charge in [-0.15, -0.1) is 22.7 Å². The molecule has 0 atom stereocenters. The van der Waals surface area contributed by atoms with E-state index in [-0.39, 0.29) is 5.75 Å². The number of rotatable bonds is 3. The Kier molecular flexibility index (Phi) is 3.36. The monoisotopic (exact) mass is 287 g/mol. The Morgan fingerprint density at radius 1 is 1.16 bits per heavy atom. The molecule has 4 heteroatoms. The number of para-hydroxylation sites is 1. The van der Waals surface area contributed by atoms with Gasteiger partial charge in [0.15, 0.2) is 0 Å². The van der Waals surface area contributed by atoms with Crippen LogP contribution < -0.4 is 0 Å². The molecule has 0 radical (unpaired) electrons. The van der Waals surface area contributed by atoms with Crippen molar-refractivity contribution in [3.8, 4) is 26.9 Å². The first-order valence-corrected chi connectivity index (χ1v) is 7.80. The number of thiophene rings is 1. The molecule has 0 fully saturated rings. The van der Waals surface area contributed by atoms with Crippen LogP contribution in [-0.4, -0.2) is 10.1 Å². The second-order valence-corrected chi connectivity index (χ2v) is 6.20. The predicted molar refractivity (Wildman–Crippen MR) is 81.9 cm³/mol. The fourth-order valence-electron chi connectivity index (χ4n) is 1.87. The lowest BCUT2D eigenvalue weighted by atomic mass is 10.2. The molecule has 0 amide bonds. The smallest absolute Gasteiger partial charge is 0.127 e. The molecule has 1 aromatic carbocycles. The number of hydrogen-bond donors (Lipinski definition) is 1. The number of phenols is 1. The van der Waals surface area contributed by atoms with E-state index in [0.717, 1.165) is 22.7 Å². The van der Waals surface area contributed by atoms with Crippen molar-refractivity contribution in [2.45, 2.75) is 13.3 Å². The van der Waals surface area contributed by atoms with Crippen molar-refractivity contribution in [1.82, 2.24) is 4.98 Å². The summed E-state index contributed by atoms with van der Waals surface area (Å²) in [5.74, 6) is 0.281. The van der Waals surface area contributed by atoms with E-state index >= 15 is 0 Å². The lowest BCUT2D eigenvalue weighted by Gasteiger charge is -1.98. The number of benzene rings is 1. The number of aromatic hydroxyl groups is 1. The average Bonchev–Trinajstić information content (AvgIpc) is 3.08. The first-order valence-electron chi connectivity index (χ1n) is 6.11. The zero-order chi connectivity index (χ0) is 13.2. The third-order valence-corrected chi connectivity index (χ3v) is 5.03. The van der Waals surface area contributed by atoms with Gasteiger partial charge in [0.25, 0.3) is 0 Å². The van der Waals surface area contributed by atoms with Gasteiger partial charge in [-0.3, -0.25) is 0 Å². The van der Waals surface area contributed by atoms with Crippen LogP contribution in [0, 0.1) is 0 Å². The van der Waals surface area contributed by atoms with Crippen LogP contribution in [0.15, 0.2) is 41.8 Å². The van der Waals surface area contributed by atoms with Crippen LogP contribution in [0.3, 0.4) is 0 Å². The van der Waals surface area contributed by atoms with Gasteiger partial charge in [0, 0.05) is 10.3 Å². The highest BCUT2D eigenvalue weighted by molar-refractivity contribution is 7.16. The molecule has 0 bridgehead atoms. The molecule has 0 aliphatic heterocycles. The van der Waals surface area contributed by atoms with E-state index in [9.17, 15) is 5.11 Å². The van der Waals surface area contributed by atoms with Gasteiger partial charge >= 0.3 is 0 Å². The highest BCUT2D eigenvalue weighted by atomic mass is 32.1. The van der Waals surface area contributed by atoms with E-state index in [1.165, 1.54) is 9.75 Å². The fraction of sp³-hybridized carbons (Fsp3) is 0.133. The normalized spacial score (nSPS) is 10.8. The number of aryl methyl sites for hydroxylation is 1. The van der Waals surface area contributed by atoms with Crippen LogP contribution in [0.25, 0.3) is 21.1 Å². The minimum absolute atomic E-state index is 0.281. The maximum absolute atomic E-state index is 9.86. The molecule has 19 heavy (non-hydrogen) atoms. The van der Waals surface area contributed by atoms with Crippen molar-refractivity contribution in [1.29, 1.82) is 0 Å². The minimum Gasteiger partial charge on any atom is -0.507 e. The number of nitrogens with zero attached hydrogens (tertiary/aromatic N) is 1. The van der Waals surface area contributed by atoms with E-state index in [1.54, 1.807) is 28.7 Å². The predicted octanol–water partition coefficient (Wildman–Crippen LogP) is 4.81. The molecule has 0 saturated heterocycles. The molecule has 1 N–H and O–H groups in total. The molecule has 0 spiro atoms. The molecule has 2 aromatic heterocycles. The number of phenolic OH excluding ortho intramolecular Hbond substituents is 1. The topological polar surface area (TPSA) is 33.1 Å². The van der Waals surface area contributed by atoms with Crippen molar-refractivity contribution in [3.05, 3.63) is 46.7 Å². The van der Waals surface area contributed by atoms with Crippen molar-refractivity contribution in [2.24, 2.45) is 0 Å². The Bertz CT molecular complexity index is 700. The summed E-state index contributed by atoms with van der Waals surface area (Å²) in [5, 5.41) is 12.8. The van der Waals surface area contributed by atoms with Gasteiger partial charge in [0.1, 0.15) is 10.8 Å². The molecule has 0 unspecified atom stereocenters. The zero-order valence-corrected chi connectivity index (χ0v) is 12.1. The van der Waals surface area contributed by atoms with Gasteiger partial charge < -0.3 is 5.11 Å². The van der Waals surface area contributed by atoms with Crippen LogP contribution in [0.2, 0.25) is 0 Å². The standard InChI is InChI=1S/C15H13NOS2/c1-2-10-7-8-14(19-10)12-9-18-15(16-12)11-5-3-4-6-13(11)17/h3-9,17H,2H2,1H3. The van der Waals surface area contributed by atoms with E-state index in [2.05, 4.69) is 24.0 Å². The second kappa shape index (κ2) is 5.15. The molecule has 3 aromatic rings. The molecular formula is C15H13NOS2. The largest absolute Gasteiger partial charge is 0.507 e. The zero-order valence-electron chi connectivity index (χ0n) is 10.5. The molecular weight excluding hydrogens is 274 g/mol. The fourth-order valence-corrected chi connectivity index (χ4v) is 3.71. The SMILES string of the molecule is CCc1ccc(-c2csc(-c3ccccc3O)n2)s1. The van der Waals surface area contributed by atoms with Crippen LogP contribution in [0.1, 0.15) is 11.8 Å². The maximum Gasteiger partial charge on any atom is 0.127 e. The van der Waals surface area contributed by atoms with Crippen LogP contribution >= 0.6 is 22.7 Å². The lowest BCUT2D eigenvalue weighted by Crippen LogP contribution is -1.78. The van der Waals surface area contributed by atoms with E-state index in [1.807, 2.05) is 23.6 Å². The lowest BCUT2D eigenvalue weighted by molar-refractivity contribution is 0.477. The molecule has 2 nitrogen and oxygen atoms in total. The third kappa shape index (κ3) is 2.41. The second-order valence-electron chi connectivity index (χ2n) is 4.17. The Labute approximate surface area is 120 Å². The Morgan fingerprint density at radius 3 is 2.74 bits per heavy atom. The number of thiazole rings is 1. The molecule has 96 valence electrons. The Balaban J connectivity index is 1.97. The summed E-state index contributed by atoms with van der Waals surface area (Å²) < 4.78 is 0. The van der Waals surface area contributed by atoms with Crippen LogP contribution in [-0.2, 0) is 6.42 Å². The van der Waals surface area contributed by atoms with Gasteiger partial charge in [0.05, 0.1) is 16.1 Å². The van der Waals surface area contributed by atoms with Gasteiger partial charge in [-0.25, -0.2) is 4.98 Å². The summed E-state index contributed by atoms with van der Waals surface area (Å²) in [4.78, 5) is 7.19. The summed E-state index contributed by atoms with van der Waals surface area (Å²) in [7, 11) is 0. The highest BCUT2D eigenvalue weighted by Gasteiger charge is 2.11. The van der Waals surface area contributed by atoms with Gasteiger partial charge in [-0.1, -0.05) is 19.1 Å². The first-order chi connectivity index (χ1) is 9.28. The highest BCUT2D eigenvalue weighted by Crippen LogP contribution is 2.35. The molecule has 0 aliphatic rings. The van der Waals surface area contributed by atoms with Crippen molar-refractivity contribution >= 4 is 22.7 Å². The summed E-state index contributed by atoms with van der Waals surface area (Å²) >= 11 is 3.34. The quantitative estimate of drug-likeness (QED) is 0.750. The van der Waals surface area contributed by atoms with Crippen molar-refractivity contribution < 1.29 is 5.11 Å². The van der Waals surface area contributed by atoms with Crippen LogP contribution in [0.4, 0.5) is 0 Å². The maximum atomic E-state index is 9.86. The summed E-state index contributed by atoms with van der Waals surface area (Å²) in [6.45, 7) is 2.16. The average molecular weight is 287 g/mol. The van der Waals surface area contributed by atoms with E-state index in [0.29, 0.717) is 0 Å². The Morgan fingerprint density at radius 2 is 2.00 bits per heavy atom. The van der Waals surface area contributed by atoms with Crippen molar-refractivity contribution in [2.75, 3.05) is 0 Å². The third-order valence-electron chi connectivity index (χ3n) is 2.90. The van der Waals surface area contributed by atoms with Crippen molar-refractivity contribution in [3.63, 3.8) is 0 Å². The first kappa shape index (κ1) is 12.4. The molecule has 0 saturated carbocycles. The molecule has 3 rings (SSSR count). The van der Waals surface area contributed by atoms with Gasteiger partial charge in [-0.05, 0) is 30.7 Å². The number of aromatic nitrogens is 1. The summed E-state index contributed by atoms with van der Waals surface area (Å²) in [5.41, 5.74) is 1.79. The minimum atomic E-state index is 0.281. The molecule has 2 heterocycles. The molecule has 0 aliphatic carbocycles. The van der Waals surface area contributed by atoms with Gasteiger partial charge in [-0.2, -0.15) is 0 Å². The van der Waals surface area contributed by atoms with Crippen LogP contribution in [0.5, 0.6) is 5.75 Å². The van der Waals surface area contributed by atoms with E-state index < -0.39 is 0 Å².